The van der Waals surface area contributed by atoms with Crippen molar-refractivity contribution in [1.82, 2.24) is 15.5 Å². The lowest BCUT2D eigenvalue weighted by Crippen LogP contribution is -2.43. The number of amides is 3. The molecule has 1 heterocycles. The Balaban J connectivity index is 1.80. The maximum Gasteiger partial charge on any atom is 0.247 e. The highest BCUT2D eigenvalue weighted by Crippen LogP contribution is 2.28. The summed E-state index contributed by atoms with van der Waals surface area (Å²) < 4.78 is 0. The minimum atomic E-state index is -0.447. The number of imide groups is 1. The van der Waals surface area contributed by atoms with E-state index in [-0.39, 0.29) is 30.2 Å². The third-order valence-electron chi connectivity index (χ3n) is 3.99. The van der Waals surface area contributed by atoms with Crippen LogP contribution in [0.3, 0.4) is 0 Å². The molecular weight excluding hydrogens is 258 g/mol. The van der Waals surface area contributed by atoms with Crippen LogP contribution in [0.4, 0.5) is 0 Å². The van der Waals surface area contributed by atoms with E-state index in [2.05, 4.69) is 10.6 Å². The van der Waals surface area contributed by atoms with E-state index in [1.54, 1.807) is 0 Å². The lowest BCUT2D eigenvalue weighted by molar-refractivity contribution is -0.141. The lowest BCUT2D eigenvalue weighted by atomic mass is 10.2. The third kappa shape index (κ3) is 3.36. The zero-order valence-electron chi connectivity index (χ0n) is 12.0. The van der Waals surface area contributed by atoms with Gasteiger partial charge in [-0.2, -0.15) is 0 Å². The van der Waals surface area contributed by atoms with Crippen molar-refractivity contribution in [2.75, 3.05) is 13.1 Å². The van der Waals surface area contributed by atoms with Gasteiger partial charge < -0.3 is 10.6 Å². The Hall–Kier alpha value is -1.43. The Morgan fingerprint density at radius 3 is 2.65 bits per heavy atom. The monoisotopic (exact) mass is 281 g/mol. The number of likely N-dealkylation sites (tertiary alicyclic amines) is 1. The van der Waals surface area contributed by atoms with E-state index in [1.807, 2.05) is 6.92 Å². The van der Waals surface area contributed by atoms with Crippen LogP contribution in [0.25, 0.3) is 0 Å². The van der Waals surface area contributed by atoms with Gasteiger partial charge in [0, 0.05) is 25.6 Å². The second-order valence-corrected chi connectivity index (χ2v) is 5.45. The van der Waals surface area contributed by atoms with Crippen LogP contribution < -0.4 is 10.6 Å². The van der Waals surface area contributed by atoms with Gasteiger partial charge in [0.15, 0.2) is 0 Å². The fourth-order valence-electron chi connectivity index (χ4n) is 3.00. The van der Waals surface area contributed by atoms with Crippen LogP contribution in [-0.2, 0) is 14.4 Å². The van der Waals surface area contributed by atoms with Gasteiger partial charge in [-0.15, -0.1) is 0 Å². The van der Waals surface area contributed by atoms with Gasteiger partial charge >= 0.3 is 0 Å². The predicted molar refractivity (Wildman–Crippen MR) is 73.8 cm³/mol. The van der Waals surface area contributed by atoms with Gasteiger partial charge in [0.2, 0.25) is 17.7 Å². The molecule has 0 aromatic heterocycles. The number of hydrogen-bond acceptors (Lipinski definition) is 4. The second-order valence-electron chi connectivity index (χ2n) is 5.45. The van der Waals surface area contributed by atoms with Gasteiger partial charge in [0.1, 0.15) is 0 Å². The van der Waals surface area contributed by atoms with E-state index in [1.165, 1.54) is 4.90 Å². The molecule has 2 N–H and O–H groups in total. The first-order chi connectivity index (χ1) is 9.63. The summed E-state index contributed by atoms with van der Waals surface area (Å²) in [5.41, 5.74) is 0. The standard InChI is InChI=1S/C14H23N3O3/c1-2-15-12(18)7-8-16-11-9-13(19)17(14(11)20)10-5-3-4-6-10/h10-11,16H,2-9H2,1H3,(H,15,18). The molecule has 112 valence electrons. The normalized spacial score (nSPS) is 23.6. The second kappa shape index (κ2) is 6.83. The molecule has 0 radical (unpaired) electrons. The molecule has 2 rings (SSSR count). The first-order valence-corrected chi connectivity index (χ1v) is 7.49. The molecule has 0 aromatic rings. The minimum absolute atomic E-state index is 0.0376. The molecule has 1 aliphatic heterocycles. The highest BCUT2D eigenvalue weighted by molar-refractivity contribution is 6.05. The maximum absolute atomic E-state index is 12.2. The van der Waals surface area contributed by atoms with E-state index in [0.29, 0.717) is 19.5 Å². The molecule has 3 amide bonds. The molecule has 0 bridgehead atoms. The summed E-state index contributed by atoms with van der Waals surface area (Å²) >= 11 is 0. The molecule has 1 aliphatic carbocycles. The first-order valence-electron chi connectivity index (χ1n) is 7.49. The number of rotatable bonds is 6. The third-order valence-corrected chi connectivity index (χ3v) is 3.99. The number of carbonyl (C=O) groups excluding carboxylic acids is 3. The summed E-state index contributed by atoms with van der Waals surface area (Å²) in [5, 5.41) is 5.73. The molecule has 1 unspecified atom stereocenters. The lowest BCUT2D eigenvalue weighted by Gasteiger charge is -2.22. The van der Waals surface area contributed by atoms with Crippen LogP contribution in [-0.4, -0.2) is 47.8 Å². The Morgan fingerprint density at radius 2 is 2.00 bits per heavy atom. The number of carbonyl (C=O) groups is 3. The molecule has 0 aromatic carbocycles. The van der Waals surface area contributed by atoms with E-state index in [4.69, 9.17) is 0 Å². The van der Waals surface area contributed by atoms with Crippen molar-refractivity contribution in [3.8, 4) is 0 Å². The Bertz CT molecular complexity index is 391. The summed E-state index contributed by atoms with van der Waals surface area (Å²) in [6.45, 7) is 2.90. The SMILES string of the molecule is CCNC(=O)CCNC1CC(=O)N(C2CCCC2)C1=O. The maximum atomic E-state index is 12.2. The average Bonchev–Trinajstić information content (AvgIpc) is 2.99. The zero-order chi connectivity index (χ0) is 14.5. The van der Waals surface area contributed by atoms with Crippen molar-refractivity contribution >= 4 is 17.7 Å². The number of nitrogens with zero attached hydrogens (tertiary/aromatic N) is 1. The van der Waals surface area contributed by atoms with E-state index in [0.717, 1.165) is 25.7 Å². The van der Waals surface area contributed by atoms with E-state index in [9.17, 15) is 14.4 Å². The fourth-order valence-corrected chi connectivity index (χ4v) is 3.00. The smallest absolute Gasteiger partial charge is 0.247 e. The molecule has 6 heteroatoms. The van der Waals surface area contributed by atoms with Crippen LogP contribution >= 0.6 is 0 Å². The molecule has 1 atom stereocenters. The van der Waals surface area contributed by atoms with Gasteiger partial charge in [0.05, 0.1) is 12.5 Å². The highest BCUT2D eigenvalue weighted by Gasteiger charge is 2.42. The molecule has 1 saturated heterocycles. The van der Waals surface area contributed by atoms with Crippen LogP contribution in [0.5, 0.6) is 0 Å². The molecular formula is C14H23N3O3. The summed E-state index contributed by atoms with van der Waals surface area (Å²) in [6.07, 6.45) is 4.61. The van der Waals surface area contributed by atoms with Crippen LogP contribution in [0.2, 0.25) is 0 Å². The number of nitrogens with one attached hydrogen (secondary N) is 2. The van der Waals surface area contributed by atoms with Gasteiger partial charge in [-0.05, 0) is 19.8 Å². The van der Waals surface area contributed by atoms with Crippen LogP contribution in [0.15, 0.2) is 0 Å². The van der Waals surface area contributed by atoms with Crippen molar-refractivity contribution in [3.63, 3.8) is 0 Å². The largest absolute Gasteiger partial charge is 0.356 e. The van der Waals surface area contributed by atoms with E-state index >= 15 is 0 Å². The molecule has 2 aliphatic rings. The van der Waals surface area contributed by atoms with Crippen molar-refractivity contribution in [1.29, 1.82) is 0 Å². The van der Waals surface area contributed by atoms with Crippen LogP contribution in [0, 0.1) is 0 Å². The van der Waals surface area contributed by atoms with Gasteiger partial charge in [-0.25, -0.2) is 0 Å². The van der Waals surface area contributed by atoms with Gasteiger partial charge in [0.25, 0.3) is 0 Å². The quantitative estimate of drug-likeness (QED) is 0.680. The molecule has 1 saturated carbocycles. The summed E-state index contributed by atoms with van der Waals surface area (Å²) in [6, 6.07) is -0.345. The van der Waals surface area contributed by atoms with Gasteiger partial charge in [-0.3, -0.25) is 19.3 Å². The average molecular weight is 281 g/mol. The number of hydrogen-bond donors (Lipinski definition) is 2. The first kappa shape index (κ1) is 15.0. The predicted octanol–water partition coefficient (Wildman–Crippen LogP) is 0.172. The van der Waals surface area contributed by atoms with Crippen molar-refractivity contribution in [2.24, 2.45) is 0 Å². The highest BCUT2D eigenvalue weighted by atomic mass is 16.2. The van der Waals surface area contributed by atoms with Crippen LogP contribution in [0.1, 0.15) is 45.4 Å². The molecule has 2 fully saturated rings. The Labute approximate surface area is 119 Å². The molecule has 20 heavy (non-hydrogen) atoms. The summed E-state index contributed by atoms with van der Waals surface area (Å²) in [4.78, 5) is 37.0. The van der Waals surface area contributed by atoms with Crippen molar-refractivity contribution < 1.29 is 14.4 Å². The van der Waals surface area contributed by atoms with Crippen molar-refractivity contribution in [2.45, 2.75) is 57.5 Å². The summed E-state index contributed by atoms with van der Waals surface area (Å²) in [7, 11) is 0. The molecule has 6 nitrogen and oxygen atoms in total. The Kier molecular flexibility index (Phi) is 5.11. The van der Waals surface area contributed by atoms with Gasteiger partial charge in [-0.1, -0.05) is 12.8 Å². The van der Waals surface area contributed by atoms with E-state index < -0.39 is 6.04 Å². The fraction of sp³-hybridized carbons (Fsp3) is 0.786. The summed E-state index contributed by atoms with van der Waals surface area (Å²) in [5.74, 6) is -0.223. The zero-order valence-corrected chi connectivity index (χ0v) is 12.0. The topological polar surface area (TPSA) is 78.5 Å². The Morgan fingerprint density at radius 1 is 1.30 bits per heavy atom. The van der Waals surface area contributed by atoms with Crippen molar-refractivity contribution in [3.05, 3.63) is 0 Å². The minimum Gasteiger partial charge on any atom is -0.356 e. The molecule has 0 spiro atoms.